The number of rotatable bonds is 5. The van der Waals surface area contributed by atoms with Crippen LogP contribution in [0.15, 0.2) is 0 Å². The van der Waals surface area contributed by atoms with Crippen LogP contribution >= 0.6 is 0 Å². The molecule has 3 N–H and O–H groups in total. The normalized spacial score (nSPS) is 27.1. The molecule has 0 saturated heterocycles. The highest BCUT2D eigenvalue weighted by atomic mass is 16.4. The first-order valence-electron chi connectivity index (χ1n) is 8.27. The van der Waals surface area contributed by atoms with E-state index in [1.807, 2.05) is 0 Å². The molecule has 0 aromatic rings. The van der Waals surface area contributed by atoms with Gasteiger partial charge in [0.2, 0.25) is 11.8 Å². The summed E-state index contributed by atoms with van der Waals surface area (Å²) in [7, 11) is 0. The first-order chi connectivity index (χ1) is 10.5. The minimum Gasteiger partial charge on any atom is -0.481 e. The third kappa shape index (κ3) is 4.45. The van der Waals surface area contributed by atoms with E-state index in [-0.39, 0.29) is 29.7 Å². The monoisotopic (exact) mass is 310 g/mol. The lowest BCUT2D eigenvalue weighted by molar-refractivity contribution is -0.143. The van der Waals surface area contributed by atoms with Gasteiger partial charge in [0.05, 0.1) is 5.92 Å². The molecule has 2 rings (SSSR count). The van der Waals surface area contributed by atoms with Crippen molar-refractivity contribution >= 4 is 17.8 Å². The maximum atomic E-state index is 12.5. The van der Waals surface area contributed by atoms with Crippen LogP contribution in [0.5, 0.6) is 0 Å². The minimum absolute atomic E-state index is 0.0285. The molecule has 0 aromatic carbocycles. The number of hydrogen-bond acceptors (Lipinski definition) is 3. The fourth-order valence-corrected chi connectivity index (χ4v) is 3.68. The van der Waals surface area contributed by atoms with Gasteiger partial charge in [0.15, 0.2) is 0 Å². The van der Waals surface area contributed by atoms with Crippen molar-refractivity contribution in [1.29, 1.82) is 0 Å². The zero-order valence-corrected chi connectivity index (χ0v) is 13.1. The Morgan fingerprint density at radius 2 is 1.59 bits per heavy atom. The molecule has 1 unspecified atom stereocenters. The second-order valence-electron chi connectivity index (χ2n) is 6.62. The maximum Gasteiger partial charge on any atom is 0.306 e. The average Bonchev–Trinajstić information content (AvgIpc) is 2.99. The average molecular weight is 310 g/mol. The summed E-state index contributed by atoms with van der Waals surface area (Å²) < 4.78 is 0. The number of nitrogens with one attached hydrogen (secondary N) is 2. The molecule has 0 bridgehead atoms. The molecule has 0 aromatic heterocycles. The molecule has 0 radical (unpaired) electrons. The Labute approximate surface area is 131 Å². The molecule has 6 heteroatoms. The number of hydrogen-bond donors (Lipinski definition) is 3. The Morgan fingerprint density at radius 3 is 2.09 bits per heavy atom. The van der Waals surface area contributed by atoms with Crippen molar-refractivity contribution in [3.05, 3.63) is 0 Å². The zero-order chi connectivity index (χ0) is 16.1. The molecule has 6 nitrogen and oxygen atoms in total. The molecule has 22 heavy (non-hydrogen) atoms. The van der Waals surface area contributed by atoms with E-state index < -0.39 is 12.0 Å². The molecule has 1 atom stereocenters. The standard InChI is InChI=1S/C16H26N2O4/c1-10(19)17-14(11-4-2-3-5-11)15(20)18-13-8-6-12(7-9-13)16(21)22/h11-14H,2-9H2,1H3,(H,17,19)(H,18,20)(H,21,22). The van der Waals surface area contributed by atoms with Crippen molar-refractivity contribution in [3.63, 3.8) is 0 Å². The van der Waals surface area contributed by atoms with E-state index in [2.05, 4.69) is 10.6 Å². The maximum absolute atomic E-state index is 12.5. The van der Waals surface area contributed by atoms with Crippen LogP contribution in [0.2, 0.25) is 0 Å². The molecular weight excluding hydrogens is 284 g/mol. The summed E-state index contributed by atoms with van der Waals surface area (Å²) in [6.45, 7) is 1.44. The first kappa shape index (κ1) is 16.8. The van der Waals surface area contributed by atoms with E-state index in [9.17, 15) is 14.4 Å². The van der Waals surface area contributed by atoms with Gasteiger partial charge in [-0.2, -0.15) is 0 Å². The van der Waals surface area contributed by atoms with Gasteiger partial charge in [0, 0.05) is 13.0 Å². The van der Waals surface area contributed by atoms with Crippen molar-refractivity contribution in [2.75, 3.05) is 0 Å². The Kier molecular flexibility index (Phi) is 5.80. The second-order valence-corrected chi connectivity index (χ2v) is 6.62. The highest BCUT2D eigenvalue weighted by Crippen LogP contribution is 2.29. The van der Waals surface area contributed by atoms with Crippen LogP contribution in [0, 0.1) is 11.8 Å². The van der Waals surface area contributed by atoms with E-state index in [0.717, 1.165) is 25.7 Å². The molecule has 2 aliphatic carbocycles. The topological polar surface area (TPSA) is 95.5 Å². The Hall–Kier alpha value is -1.59. The minimum atomic E-state index is -0.744. The quantitative estimate of drug-likeness (QED) is 0.716. The first-order valence-corrected chi connectivity index (χ1v) is 8.27. The summed E-state index contributed by atoms with van der Waals surface area (Å²) in [6.07, 6.45) is 6.77. The van der Waals surface area contributed by atoms with Crippen molar-refractivity contribution in [2.24, 2.45) is 11.8 Å². The molecule has 0 aliphatic heterocycles. The van der Waals surface area contributed by atoms with Crippen LogP contribution in [0.1, 0.15) is 58.3 Å². The van der Waals surface area contributed by atoms with Crippen LogP contribution in [0.25, 0.3) is 0 Å². The van der Waals surface area contributed by atoms with E-state index in [1.165, 1.54) is 6.92 Å². The Balaban J connectivity index is 1.88. The predicted octanol–water partition coefficient (Wildman–Crippen LogP) is 1.44. The Morgan fingerprint density at radius 1 is 1.00 bits per heavy atom. The van der Waals surface area contributed by atoms with Crippen molar-refractivity contribution in [2.45, 2.75) is 70.4 Å². The van der Waals surface area contributed by atoms with Crippen LogP contribution < -0.4 is 10.6 Å². The van der Waals surface area contributed by atoms with Crippen LogP contribution in [-0.4, -0.2) is 35.0 Å². The summed E-state index contributed by atoms with van der Waals surface area (Å²) in [5, 5.41) is 14.8. The highest BCUT2D eigenvalue weighted by molar-refractivity contribution is 5.87. The number of carbonyl (C=O) groups excluding carboxylic acids is 2. The number of carbonyl (C=O) groups is 3. The smallest absolute Gasteiger partial charge is 0.306 e. The van der Waals surface area contributed by atoms with Gasteiger partial charge in [-0.25, -0.2) is 0 Å². The third-order valence-corrected chi connectivity index (χ3v) is 4.94. The summed E-state index contributed by atoms with van der Waals surface area (Å²) in [6, 6.07) is -0.419. The van der Waals surface area contributed by atoms with Crippen LogP contribution in [-0.2, 0) is 14.4 Å². The fourth-order valence-electron chi connectivity index (χ4n) is 3.68. The van der Waals surface area contributed by atoms with Crippen LogP contribution in [0.4, 0.5) is 0 Å². The van der Waals surface area contributed by atoms with E-state index in [0.29, 0.717) is 25.7 Å². The molecule has 0 spiro atoms. The number of aliphatic carboxylic acids is 1. The summed E-state index contributed by atoms with van der Waals surface area (Å²) in [4.78, 5) is 34.8. The van der Waals surface area contributed by atoms with Crippen molar-refractivity contribution < 1.29 is 19.5 Å². The number of amides is 2. The summed E-state index contributed by atoms with van der Waals surface area (Å²) in [5.74, 6) is -1.09. The zero-order valence-electron chi connectivity index (χ0n) is 13.1. The van der Waals surface area contributed by atoms with E-state index in [4.69, 9.17) is 5.11 Å². The summed E-state index contributed by atoms with van der Waals surface area (Å²) in [5.41, 5.74) is 0. The largest absolute Gasteiger partial charge is 0.481 e. The van der Waals surface area contributed by atoms with Gasteiger partial charge in [-0.1, -0.05) is 12.8 Å². The van der Waals surface area contributed by atoms with Crippen molar-refractivity contribution in [3.8, 4) is 0 Å². The van der Waals surface area contributed by atoms with Gasteiger partial charge in [-0.05, 0) is 44.4 Å². The molecule has 2 fully saturated rings. The Bertz CT molecular complexity index is 424. The van der Waals surface area contributed by atoms with E-state index >= 15 is 0 Å². The number of carboxylic acid groups (broad SMARTS) is 1. The molecule has 124 valence electrons. The molecule has 2 saturated carbocycles. The lowest BCUT2D eigenvalue weighted by Gasteiger charge is -2.30. The van der Waals surface area contributed by atoms with Gasteiger partial charge in [-0.3, -0.25) is 14.4 Å². The molecular formula is C16H26N2O4. The van der Waals surface area contributed by atoms with Gasteiger partial charge < -0.3 is 15.7 Å². The van der Waals surface area contributed by atoms with Crippen LogP contribution in [0.3, 0.4) is 0 Å². The summed E-state index contributed by atoms with van der Waals surface area (Å²) >= 11 is 0. The molecule has 2 aliphatic rings. The molecule has 2 amide bonds. The van der Waals surface area contributed by atoms with Gasteiger partial charge >= 0.3 is 5.97 Å². The lowest BCUT2D eigenvalue weighted by Crippen LogP contribution is -2.52. The SMILES string of the molecule is CC(=O)NC(C(=O)NC1CCC(C(=O)O)CC1)C1CCCC1. The second kappa shape index (κ2) is 7.61. The van der Waals surface area contributed by atoms with Gasteiger partial charge in [-0.15, -0.1) is 0 Å². The van der Waals surface area contributed by atoms with E-state index in [1.54, 1.807) is 0 Å². The van der Waals surface area contributed by atoms with Crippen molar-refractivity contribution in [1.82, 2.24) is 10.6 Å². The number of carboxylic acids is 1. The van der Waals surface area contributed by atoms with Gasteiger partial charge in [0.1, 0.15) is 6.04 Å². The lowest BCUT2D eigenvalue weighted by atomic mass is 9.85. The third-order valence-electron chi connectivity index (χ3n) is 4.94. The highest BCUT2D eigenvalue weighted by Gasteiger charge is 2.33. The predicted molar refractivity (Wildman–Crippen MR) is 81.1 cm³/mol. The fraction of sp³-hybridized carbons (Fsp3) is 0.812. The molecule has 0 heterocycles. The van der Waals surface area contributed by atoms with Gasteiger partial charge in [0.25, 0.3) is 0 Å².